The molecule has 1 aromatic rings. The van der Waals surface area contributed by atoms with Gasteiger partial charge in [0, 0.05) is 11.8 Å². The van der Waals surface area contributed by atoms with Gasteiger partial charge in [0.05, 0.1) is 27.2 Å². The van der Waals surface area contributed by atoms with Gasteiger partial charge in [-0.15, -0.1) is 0 Å². The van der Waals surface area contributed by atoms with E-state index < -0.39 is 0 Å². The van der Waals surface area contributed by atoms with E-state index in [0.717, 1.165) is 44.5 Å². The van der Waals surface area contributed by atoms with E-state index in [1.165, 1.54) is 44.2 Å². The van der Waals surface area contributed by atoms with E-state index in [4.69, 9.17) is 4.74 Å². The Morgan fingerprint density at radius 2 is 1.90 bits per heavy atom. The molecule has 0 saturated heterocycles. The minimum absolute atomic E-state index is 0.0183. The topological polar surface area (TPSA) is 30.7 Å². The Kier molecular flexibility index (Phi) is 6.34. The van der Waals surface area contributed by atoms with E-state index in [9.17, 15) is 4.79 Å². The zero-order chi connectivity index (χ0) is 20.4. The fourth-order valence-electron chi connectivity index (χ4n) is 6.54. The molecule has 0 spiro atoms. The van der Waals surface area contributed by atoms with Crippen molar-refractivity contribution in [3.8, 4) is 5.75 Å². The van der Waals surface area contributed by atoms with Crippen LogP contribution < -0.4 is 9.64 Å². The molecule has 0 unspecified atom stereocenters. The number of carbonyl (C=O) groups is 1. The van der Waals surface area contributed by atoms with Gasteiger partial charge in [-0.2, -0.15) is 0 Å². The van der Waals surface area contributed by atoms with Crippen molar-refractivity contribution in [1.82, 2.24) is 0 Å². The average Bonchev–Trinajstić information content (AvgIpc) is 3.01. The van der Waals surface area contributed by atoms with E-state index in [0.29, 0.717) is 23.5 Å². The Bertz CT molecular complexity index is 727. The first-order valence-corrected chi connectivity index (χ1v) is 12.1. The molecule has 3 heteroatoms. The quantitative estimate of drug-likeness (QED) is 0.666. The molecule has 3 nitrogen and oxygen atoms in total. The Morgan fingerprint density at radius 3 is 2.72 bits per heavy atom. The summed E-state index contributed by atoms with van der Waals surface area (Å²) >= 11 is 0. The predicted octanol–water partition coefficient (Wildman–Crippen LogP) is 4.20. The molecule has 0 bridgehead atoms. The van der Waals surface area contributed by atoms with Gasteiger partial charge in [-0.1, -0.05) is 13.0 Å². The van der Waals surface area contributed by atoms with Gasteiger partial charge in [0.1, 0.15) is 11.5 Å². The lowest BCUT2D eigenvalue weighted by Gasteiger charge is -2.48. The first-order chi connectivity index (χ1) is 14.0. The monoisotopic (exact) mass is 398 g/mol. The first kappa shape index (κ1) is 20.9. The van der Waals surface area contributed by atoms with Crippen molar-refractivity contribution in [3.63, 3.8) is 0 Å². The second-order valence-corrected chi connectivity index (χ2v) is 10.4. The Hall–Kier alpha value is -1.35. The summed E-state index contributed by atoms with van der Waals surface area (Å²) in [5, 5.41) is 0. The van der Waals surface area contributed by atoms with E-state index in [2.05, 4.69) is 39.2 Å². The van der Waals surface area contributed by atoms with Crippen LogP contribution in [0.15, 0.2) is 18.2 Å². The number of aryl methyl sites for hydroxylation is 1. The van der Waals surface area contributed by atoms with E-state index in [1.54, 1.807) is 10.5 Å². The fraction of sp³-hybridized carbons (Fsp3) is 0.731. The van der Waals surface area contributed by atoms with Gasteiger partial charge in [-0.3, -0.25) is 4.79 Å². The van der Waals surface area contributed by atoms with Crippen LogP contribution in [0.3, 0.4) is 0 Å². The van der Waals surface area contributed by atoms with Crippen molar-refractivity contribution in [1.29, 1.82) is 0 Å². The lowest BCUT2D eigenvalue weighted by Crippen LogP contribution is -3.05. The second kappa shape index (κ2) is 8.79. The first-order valence-electron chi connectivity index (χ1n) is 12.1. The summed E-state index contributed by atoms with van der Waals surface area (Å²) in [5.74, 6) is 3.58. The van der Waals surface area contributed by atoms with Gasteiger partial charge in [0.2, 0.25) is 0 Å². The summed E-state index contributed by atoms with van der Waals surface area (Å²) in [4.78, 5) is 14.0. The van der Waals surface area contributed by atoms with Gasteiger partial charge in [0.15, 0.2) is 0 Å². The zero-order valence-corrected chi connectivity index (χ0v) is 18.8. The maximum absolute atomic E-state index is 12.5. The number of nitrogens with one attached hydrogen (secondary N) is 1. The lowest BCUT2D eigenvalue weighted by atomic mass is 9.55. The molecular weight excluding hydrogens is 358 g/mol. The van der Waals surface area contributed by atoms with Gasteiger partial charge in [-0.25, -0.2) is 0 Å². The summed E-state index contributed by atoms with van der Waals surface area (Å²) < 4.78 is 6.09. The molecule has 3 aliphatic carbocycles. The SMILES string of the molecule is C[NH+](C)CCCCCCOc1ccc2c(c1)CC[C@H]1[C@@H]2CC[C@]2(C)C(=O)CC[C@@H]12. The summed E-state index contributed by atoms with van der Waals surface area (Å²) in [6.45, 7) is 4.36. The van der Waals surface area contributed by atoms with Gasteiger partial charge in [-0.05, 0) is 98.8 Å². The molecule has 160 valence electrons. The van der Waals surface area contributed by atoms with Crippen molar-refractivity contribution in [3.05, 3.63) is 29.3 Å². The van der Waals surface area contributed by atoms with Crippen molar-refractivity contribution in [2.45, 2.75) is 77.0 Å². The maximum Gasteiger partial charge on any atom is 0.139 e. The lowest BCUT2D eigenvalue weighted by molar-refractivity contribution is -0.858. The summed E-state index contributed by atoms with van der Waals surface area (Å²) in [5.41, 5.74) is 3.04. The molecule has 1 aromatic carbocycles. The number of unbranched alkanes of at least 4 members (excludes halogenated alkanes) is 3. The molecule has 0 aromatic heterocycles. The van der Waals surface area contributed by atoms with Crippen LogP contribution in [-0.4, -0.2) is 33.0 Å². The highest BCUT2D eigenvalue weighted by atomic mass is 16.5. The number of fused-ring (bicyclic) bond motifs is 5. The molecule has 2 saturated carbocycles. The third-order valence-corrected chi connectivity index (χ3v) is 8.25. The number of quaternary nitrogens is 1. The van der Waals surface area contributed by atoms with Crippen molar-refractivity contribution in [2.24, 2.45) is 17.3 Å². The maximum atomic E-state index is 12.5. The molecule has 4 atom stereocenters. The predicted molar refractivity (Wildman–Crippen MR) is 118 cm³/mol. The third-order valence-electron chi connectivity index (χ3n) is 8.25. The van der Waals surface area contributed by atoms with Crippen LogP contribution in [-0.2, 0) is 11.2 Å². The molecule has 0 radical (unpaired) electrons. The van der Waals surface area contributed by atoms with Crippen LogP contribution >= 0.6 is 0 Å². The molecule has 2 fully saturated rings. The highest BCUT2D eigenvalue weighted by Gasteiger charge is 2.54. The molecule has 0 heterocycles. The average molecular weight is 399 g/mol. The number of carbonyl (C=O) groups excluding carboxylic acids is 1. The summed E-state index contributed by atoms with van der Waals surface area (Å²) in [6.07, 6.45) is 11.7. The number of hydrogen-bond donors (Lipinski definition) is 1. The Morgan fingerprint density at radius 1 is 1.07 bits per heavy atom. The standard InChI is InChI=1S/C26H39NO2/c1-26-15-14-22-21-11-9-20(29-17-7-5-4-6-16-27(2)3)18-19(21)8-10-23(22)24(26)12-13-25(26)28/h9,11,18,22-24H,4-8,10,12-17H2,1-3H3/p+1/t22-,23+,24+,26+/m1/s1. The Labute approximate surface area is 177 Å². The number of rotatable bonds is 8. The number of Topliss-reactive ketones (excluding diaryl/α,β-unsaturated/α-hetero) is 1. The zero-order valence-electron chi connectivity index (χ0n) is 18.8. The van der Waals surface area contributed by atoms with Crippen LogP contribution in [0.5, 0.6) is 5.75 Å². The molecular formula is C26H40NO2+. The van der Waals surface area contributed by atoms with Crippen LogP contribution in [0, 0.1) is 17.3 Å². The van der Waals surface area contributed by atoms with E-state index >= 15 is 0 Å². The van der Waals surface area contributed by atoms with E-state index in [1.807, 2.05) is 0 Å². The van der Waals surface area contributed by atoms with Crippen molar-refractivity contribution >= 4 is 5.78 Å². The van der Waals surface area contributed by atoms with Crippen LogP contribution in [0.1, 0.15) is 81.8 Å². The van der Waals surface area contributed by atoms with Gasteiger partial charge < -0.3 is 9.64 Å². The molecule has 3 aliphatic rings. The van der Waals surface area contributed by atoms with Crippen LogP contribution in [0.4, 0.5) is 0 Å². The van der Waals surface area contributed by atoms with Crippen LogP contribution in [0.2, 0.25) is 0 Å². The number of ketones is 1. The molecule has 29 heavy (non-hydrogen) atoms. The highest BCUT2D eigenvalue weighted by Crippen LogP contribution is 2.59. The van der Waals surface area contributed by atoms with Gasteiger partial charge in [0.25, 0.3) is 0 Å². The van der Waals surface area contributed by atoms with Crippen molar-refractivity contribution < 1.29 is 14.4 Å². The van der Waals surface area contributed by atoms with E-state index in [-0.39, 0.29) is 5.41 Å². The molecule has 0 aliphatic heterocycles. The molecule has 1 N–H and O–H groups in total. The third kappa shape index (κ3) is 4.26. The molecule has 4 rings (SSSR count). The molecule has 0 amide bonds. The second-order valence-electron chi connectivity index (χ2n) is 10.4. The van der Waals surface area contributed by atoms with Gasteiger partial charge >= 0.3 is 0 Å². The summed E-state index contributed by atoms with van der Waals surface area (Å²) in [7, 11) is 4.45. The smallest absolute Gasteiger partial charge is 0.139 e. The highest BCUT2D eigenvalue weighted by molar-refractivity contribution is 5.87. The minimum Gasteiger partial charge on any atom is -0.494 e. The number of hydrogen-bond acceptors (Lipinski definition) is 2. The minimum atomic E-state index is -0.0183. The fourth-order valence-corrected chi connectivity index (χ4v) is 6.54. The van der Waals surface area contributed by atoms with Crippen LogP contribution in [0.25, 0.3) is 0 Å². The number of benzene rings is 1. The number of ether oxygens (including phenoxy) is 1. The summed E-state index contributed by atoms with van der Waals surface area (Å²) in [6, 6.07) is 6.86. The largest absolute Gasteiger partial charge is 0.494 e. The van der Waals surface area contributed by atoms with Crippen molar-refractivity contribution in [2.75, 3.05) is 27.2 Å². The Balaban J connectivity index is 1.31. The normalized spacial score (nSPS) is 30.8.